The molecule has 0 radical (unpaired) electrons. The molecule has 5 aromatic rings. The van der Waals surface area contributed by atoms with E-state index in [2.05, 4.69) is 32.9 Å². The van der Waals surface area contributed by atoms with E-state index >= 15 is 0 Å². The molecular weight excluding hydrogens is 715 g/mol. The van der Waals surface area contributed by atoms with Crippen molar-refractivity contribution in [3.05, 3.63) is 79.9 Å². The normalized spacial score (nSPS) is 16.9. The zero-order valence-electron chi connectivity index (χ0n) is 28.1. The number of piperidine rings is 1. The Bertz CT molecular complexity index is 2420. The van der Waals surface area contributed by atoms with Crippen molar-refractivity contribution in [2.75, 3.05) is 31.7 Å². The summed E-state index contributed by atoms with van der Waals surface area (Å²) >= 11 is 7.64. The first-order valence-electron chi connectivity index (χ1n) is 16.5. The fourth-order valence-electron chi connectivity index (χ4n) is 7.44. The van der Waals surface area contributed by atoms with Gasteiger partial charge in [-0.3, -0.25) is 19.2 Å². The molecule has 1 saturated heterocycles. The van der Waals surface area contributed by atoms with E-state index < -0.39 is 42.5 Å². The number of carboxylic acid groups (broad SMARTS) is 1. The van der Waals surface area contributed by atoms with Gasteiger partial charge in [0.1, 0.15) is 29.9 Å². The fourth-order valence-corrected chi connectivity index (χ4v) is 8.64. The van der Waals surface area contributed by atoms with Crippen molar-refractivity contribution in [3.8, 4) is 29.0 Å². The number of halogens is 4. The average molecular weight is 746 g/mol. The minimum Gasteiger partial charge on any atom is -0.478 e. The number of pyridine rings is 2. The lowest BCUT2D eigenvalue weighted by molar-refractivity contribution is -0.185. The smallest absolute Gasteiger partial charge is 0.338 e. The molecule has 7 rings (SSSR count). The third kappa shape index (κ3) is 6.15. The summed E-state index contributed by atoms with van der Waals surface area (Å²) in [7, 11) is 1.78. The van der Waals surface area contributed by atoms with Crippen molar-refractivity contribution in [2.45, 2.75) is 56.7 Å². The third-order valence-corrected chi connectivity index (χ3v) is 11.4. The zero-order chi connectivity index (χ0) is 36.9. The van der Waals surface area contributed by atoms with Gasteiger partial charge in [-0.1, -0.05) is 23.4 Å². The zero-order valence-corrected chi connectivity index (χ0v) is 29.7. The number of carboxylic acids is 1. The number of thiophene rings is 1. The molecule has 266 valence electrons. The van der Waals surface area contributed by atoms with Crippen LogP contribution in [0.1, 0.15) is 53.0 Å². The van der Waals surface area contributed by atoms with E-state index in [1.165, 1.54) is 28.3 Å². The van der Waals surface area contributed by atoms with Gasteiger partial charge in [0.25, 0.3) is 11.5 Å². The highest BCUT2D eigenvalue weighted by molar-refractivity contribution is 7.18. The quantitative estimate of drug-likeness (QED) is 0.181. The van der Waals surface area contributed by atoms with E-state index in [1.54, 1.807) is 43.6 Å². The highest BCUT2D eigenvalue weighted by Gasteiger charge is 2.59. The van der Waals surface area contributed by atoms with Crippen LogP contribution in [-0.4, -0.2) is 79.8 Å². The number of anilines is 1. The topological polar surface area (TPSA) is 128 Å². The number of aromatic nitrogens is 4. The van der Waals surface area contributed by atoms with Crippen molar-refractivity contribution in [3.63, 3.8) is 0 Å². The molecule has 10 nitrogen and oxygen atoms in total. The Morgan fingerprint density at radius 1 is 1.19 bits per heavy atom. The van der Waals surface area contributed by atoms with Crippen LogP contribution in [-0.2, 0) is 6.54 Å². The van der Waals surface area contributed by atoms with Crippen molar-refractivity contribution >= 4 is 55.8 Å². The number of hydrogen-bond donors (Lipinski definition) is 1. The van der Waals surface area contributed by atoms with Gasteiger partial charge in [-0.2, -0.15) is 5.26 Å². The Labute approximate surface area is 305 Å². The molecule has 2 fully saturated rings. The summed E-state index contributed by atoms with van der Waals surface area (Å²) in [5.74, 6) is 2.96. The average Bonchev–Trinajstić information content (AvgIpc) is 3.56. The number of hydrogen-bond acceptors (Lipinski definition) is 9. The first-order valence-corrected chi connectivity index (χ1v) is 17.7. The van der Waals surface area contributed by atoms with Crippen LogP contribution in [0.2, 0.25) is 5.02 Å². The number of nitrogens with zero attached hydrogens (tertiary/aromatic N) is 7. The summed E-state index contributed by atoms with van der Waals surface area (Å²) in [6.45, 7) is 1.65. The van der Waals surface area contributed by atoms with Gasteiger partial charge in [0.15, 0.2) is 0 Å². The van der Waals surface area contributed by atoms with E-state index in [-0.39, 0.29) is 34.6 Å². The number of nitriles is 1. The van der Waals surface area contributed by atoms with E-state index in [9.17, 15) is 33.1 Å². The van der Waals surface area contributed by atoms with Gasteiger partial charge in [0.05, 0.1) is 45.0 Å². The summed E-state index contributed by atoms with van der Waals surface area (Å²) in [5.41, 5.74) is 1.21. The monoisotopic (exact) mass is 745 g/mol. The van der Waals surface area contributed by atoms with Crippen LogP contribution in [0.5, 0.6) is 0 Å². The summed E-state index contributed by atoms with van der Waals surface area (Å²) in [6.07, 6.45) is 3.13. The molecule has 52 heavy (non-hydrogen) atoms. The summed E-state index contributed by atoms with van der Waals surface area (Å²) in [5, 5.41) is 22.0. The molecule has 0 spiro atoms. The Balaban J connectivity index is 1.17. The Kier molecular flexibility index (Phi) is 9.19. The lowest BCUT2D eigenvalue weighted by Gasteiger charge is -2.54. The largest absolute Gasteiger partial charge is 0.478 e. The van der Waals surface area contributed by atoms with Crippen molar-refractivity contribution < 1.29 is 23.1 Å². The highest BCUT2D eigenvalue weighted by Crippen LogP contribution is 2.50. The predicted molar refractivity (Wildman–Crippen MR) is 193 cm³/mol. The van der Waals surface area contributed by atoms with Gasteiger partial charge in [-0.05, 0) is 44.0 Å². The number of likely N-dealkylation sites (tertiary alicyclic amines) is 1. The minimum absolute atomic E-state index is 0.0458. The van der Waals surface area contributed by atoms with Gasteiger partial charge in [-0.15, -0.1) is 11.3 Å². The highest BCUT2D eigenvalue weighted by atomic mass is 35.5. The number of rotatable bonds is 7. The van der Waals surface area contributed by atoms with Crippen LogP contribution >= 0.6 is 22.9 Å². The molecule has 0 bridgehead atoms. The summed E-state index contributed by atoms with van der Waals surface area (Å²) in [6, 6.07) is 9.01. The standard InChI is InChI=1S/C37H31ClF3N7O3S/c1-21-45-29-16-44-33(46(2)24-8-12-47(13-9-24)36(20-39)18-37(40,41)19-36)27(15-42)30(29)34(49)48(21)11-3-4-22-5-6-23(38)14-26(22)25-7-10-43-31-28(35(50)51)17-52-32(25)31/h5-7,10,14,16-17,24H,8-9,11-13,18-20H2,1-2H3,(H,50,51). The van der Waals surface area contributed by atoms with E-state index in [0.717, 1.165) is 5.56 Å². The predicted octanol–water partition coefficient (Wildman–Crippen LogP) is 6.69. The minimum atomic E-state index is -2.84. The molecule has 1 aliphatic heterocycles. The SMILES string of the molecule is Cc1nc2cnc(N(C)C3CCN(C4(CF)CC(F)(F)C4)CC3)c(C#N)c2c(=O)n1CC#Cc1ccc(Cl)cc1-c1ccnc2c(C(=O)O)csc12. The van der Waals surface area contributed by atoms with E-state index in [4.69, 9.17) is 11.6 Å². The third-order valence-electron chi connectivity index (χ3n) is 10.1. The van der Waals surface area contributed by atoms with Gasteiger partial charge < -0.3 is 10.0 Å². The van der Waals surface area contributed by atoms with Crippen molar-refractivity contribution in [1.82, 2.24) is 24.4 Å². The lowest BCUT2D eigenvalue weighted by Crippen LogP contribution is -2.65. The molecule has 4 aromatic heterocycles. The molecule has 0 amide bonds. The number of fused-ring (bicyclic) bond motifs is 2. The Hall–Kier alpha value is -5.02. The second-order valence-electron chi connectivity index (χ2n) is 13.3. The van der Waals surface area contributed by atoms with Crippen molar-refractivity contribution in [1.29, 1.82) is 5.26 Å². The number of carbonyl (C=O) groups is 1. The molecule has 15 heteroatoms. The second-order valence-corrected chi connectivity index (χ2v) is 14.6. The maximum atomic E-state index is 14.0. The molecule has 2 aliphatic rings. The first kappa shape index (κ1) is 35.4. The number of aromatic carboxylic acids is 1. The van der Waals surface area contributed by atoms with Crippen LogP contribution in [0, 0.1) is 30.1 Å². The molecule has 0 unspecified atom stereocenters. The van der Waals surface area contributed by atoms with Crippen molar-refractivity contribution in [2.24, 2.45) is 0 Å². The Morgan fingerprint density at radius 3 is 2.62 bits per heavy atom. The summed E-state index contributed by atoms with van der Waals surface area (Å²) in [4.78, 5) is 42.8. The lowest BCUT2D eigenvalue weighted by atomic mass is 9.72. The van der Waals surface area contributed by atoms with Gasteiger partial charge in [0.2, 0.25) is 0 Å². The van der Waals surface area contributed by atoms with Gasteiger partial charge >= 0.3 is 5.97 Å². The molecular formula is C37H31ClF3N7O3S. The summed E-state index contributed by atoms with van der Waals surface area (Å²) < 4.78 is 43.4. The van der Waals surface area contributed by atoms with Crippen LogP contribution in [0.15, 0.2) is 46.8 Å². The molecule has 5 heterocycles. The number of alkyl halides is 3. The molecule has 1 aliphatic carbocycles. The van der Waals surface area contributed by atoms with E-state index in [1.807, 2.05) is 9.80 Å². The molecule has 1 N–H and O–H groups in total. The molecule has 1 saturated carbocycles. The van der Waals surface area contributed by atoms with E-state index in [0.29, 0.717) is 63.9 Å². The molecule has 1 aromatic carbocycles. The van der Waals surface area contributed by atoms with Gasteiger partial charge in [-0.25, -0.2) is 27.9 Å². The molecule has 0 atom stereocenters. The fraction of sp³-hybridized carbons (Fsp3) is 0.351. The maximum Gasteiger partial charge on any atom is 0.338 e. The Morgan fingerprint density at radius 2 is 1.94 bits per heavy atom. The number of aryl methyl sites for hydroxylation is 1. The first-order chi connectivity index (χ1) is 24.9. The van der Waals surface area contributed by atoms with Crippen LogP contribution in [0.4, 0.5) is 19.0 Å². The van der Waals surface area contributed by atoms with Gasteiger partial charge in [0, 0.05) is 72.3 Å². The maximum absolute atomic E-state index is 14.0. The second kappa shape index (κ2) is 13.5. The van der Waals surface area contributed by atoms with Crippen LogP contribution < -0.4 is 10.5 Å². The van der Waals surface area contributed by atoms with Crippen LogP contribution in [0.3, 0.4) is 0 Å². The number of benzene rings is 1. The van der Waals surface area contributed by atoms with Crippen LogP contribution in [0.25, 0.3) is 32.2 Å².